The zero-order valence-electron chi connectivity index (χ0n) is 6.24. The SMILES string of the molecule is CC(Cl)c1c(F)ccc(Cl)c1Br. The van der Waals surface area contributed by atoms with E-state index in [2.05, 4.69) is 15.9 Å². The number of hydrogen-bond donors (Lipinski definition) is 0. The van der Waals surface area contributed by atoms with Gasteiger partial charge in [0.1, 0.15) is 5.82 Å². The summed E-state index contributed by atoms with van der Waals surface area (Å²) in [6.07, 6.45) is 0. The minimum Gasteiger partial charge on any atom is -0.207 e. The van der Waals surface area contributed by atoms with Gasteiger partial charge in [0, 0.05) is 10.0 Å². The van der Waals surface area contributed by atoms with Crippen molar-refractivity contribution in [3.8, 4) is 0 Å². The molecule has 0 aliphatic carbocycles. The van der Waals surface area contributed by atoms with E-state index in [1.54, 1.807) is 6.92 Å². The Balaban J connectivity index is 3.33. The van der Waals surface area contributed by atoms with Crippen LogP contribution in [0.4, 0.5) is 4.39 Å². The molecule has 0 heterocycles. The van der Waals surface area contributed by atoms with Gasteiger partial charge >= 0.3 is 0 Å². The van der Waals surface area contributed by atoms with E-state index >= 15 is 0 Å². The predicted octanol–water partition coefficient (Wildman–Crippen LogP) is 4.54. The molecule has 1 rings (SSSR count). The fourth-order valence-electron chi connectivity index (χ4n) is 0.907. The number of alkyl halides is 1. The lowest BCUT2D eigenvalue weighted by Crippen LogP contribution is -1.92. The predicted molar refractivity (Wildman–Crippen MR) is 53.4 cm³/mol. The van der Waals surface area contributed by atoms with Crippen molar-refractivity contribution in [3.05, 3.63) is 33.0 Å². The van der Waals surface area contributed by atoms with E-state index in [0.29, 0.717) is 15.1 Å². The van der Waals surface area contributed by atoms with Crippen LogP contribution in [0.3, 0.4) is 0 Å². The molecule has 4 heteroatoms. The average Bonchev–Trinajstić information content (AvgIpc) is 1.97. The molecule has 12 heavy (non-hydrogen) atoms. The van der Waals surface area contributed by atoms with Crippen LogP contribution in [-0.2, 0) is 0 Å². The van der Waals surface area contributed by atoms with Gasteiger partial charge in [-0.15, -0.1) is 11.6 Å². The van der Waals surface area contributed by atoms with Gasteiger partial charge in [-0.1, -0.05) is 11.6 Å². The molecule has 0 spiro atoms. The first-order valence-corrected chi connectivity index (χ1v) is 4.92. The highest BCUT2D eigenvalue weighted by molar-refractivity contribution is 9.10. The molecule has 1 aromatic carbocycles. The molecule has 0 bridgehead atoms. The summed E-state index contributed by atoms with van der Waals surface area (Å²) in [6.45, 7) is 1.70. The van der Waals surface area contributed by atoms with E-state index in [1.807, 2.05) is 0 Å². The van der Waals surface area contributed by atoms with Gasteiger partial charge in [-0.05, 0) is 35.0 Å². The Bertz CT molecular complexity index is 299. The molecule has 1 unspecified atom stereocenters. The van der Waals surface area contributed by atoms with Crippen molar-refractivity contribution < 1.29 is 4.39 Å². The quantitative estimate of drug-likeness (QED) is 0.520. The molecule has 0 saturated carbocycles. The topological polar surface area (TPSA) is 0 Å². The van der Waals surface area contributed by atoms with Crippen molar-refractivity contribution in [2.75, 3.05) is 0 Å². The molecule has 1 atom stereocenters. The summed E-state index contributed by atoms with van der Waals surface area (Å²) < 4.78 is 13.6. The first-order valence-electron chi connectivity index (χ1n) is 3.31. The van der Waals surface area contributed by atoms with Crippen LogP contribution in [0.5, 0.6) is 0 Å². The Morgan fingerprint density at radius 1 is 1.50 bits per heavy atom. The van der Waals surface area contributed by atoms with Crippen LogP contribution in [-0.4, -0.2) is 0 Å². The molecule has 0 aliphatic rings. The Morgan fingerprint density at radius 3 is 2.50 bits per heavy atom. The maximum atomic E-state index is 13.1. The number of halogens is 4. The second kappa shape index (κ2) is 3.95. The highest BCUT2D eigenvalue weighted by Crippen LogP contribution is 2.34. The first-order chi connectivity index (χ1) is 5.54. The third-order valence-corrected chi connectivity index (χ3v) is 3.09. The van der Waals surface area contributed by atoms with Crippen molar-refractivity contribution >= 4 is 39.1 Å². The largest absolute Gasteiger partial charge is 0.207 e. The summed E-state index contributed by atoms with van der Waals surface area (Å²) in [4.78, 5) is 0. The lowest BCUT2D eigenvalue weighted by molar-refractivity contribution is 0.609. The van der Waals surface area contributed by atoms with Crippen LogP contribution in [0, 0.1) is 5.82 Å². The minimum atomic E-state index is -0.391. The molecule has 0 N–H and O–H groups in total. The number of benzene rings is 1. The fourth-order valence-corrected chi connectivity index (χ4v) is 2.08. The Labute approximate surface area is 88.8 Å². The van der Waals surface area contributed by atoms with Crippen LogP contribution >= 0.6 is 39.1 Å². The Hall–Kier alpha value is 0.210. The van der Waals surface area contributed by atoms with E-state index < -0.39 is 5.38 Å². The van der Waals surface area contributed by atoms with Crippen LogP contribution in [0.15, 0.2) is 16.6 Å². The molecule has 0 aliphatic heterocycles. The summed E-state index contributed by atoms with van der Waals surface area (Å²) in [6, 6.07) is 2.80. The minimum absolute atomic E-state index is 0.339. The van der Waals surface area contributed by atoms with Gasteiger partial charge in [0.05, 0.1) is 10.4 Å². The molecule has 66 valence electrons. The molecular formula is C8H6BrCl2F. The molecule has 0 radical (unpaired) electrons. The third kappa shape index (κ3) is 1.93. The van der Waals surface area contributed by atoms with Gasteiger partial charge in [-0.3, -0.25) is 0 Å². The van der Waals surface area contributed by atoms with Crippen LogP contribution in [0.2, 0.25) is 5.02 Å². The summed E-state index contributed by atoms with van der Waals surface area (Å²) in [5.41, 5.74) is 0.407. The van der Waals surface area contributed by atoms with E-state index in [4.69, 9.17) is 23.2 Å². The summed E-state index contributed by atoms with van der Waals surface area (Å²) >= 11 is 14.7. The van der Waals surface area contributed by atoms with Crippen molar-refractivity contribution in [1.82, 2.24) is 0 Å². The standard InChI is InChI=1S/C8H6BrCl2F/c1-4(10)7-6(12)3-2-5(11)8(7)9/h2-4H,1H3. The summed E-state index contributed by atoms with van der Waals surface area (Å²) in [7, 11) is 0. The maximum absolute atomic E-state index is 13.1. The maximum Gasteiger partial charge on any atom is 0.129 e. The summed E-state index contributed by atoms with van der Waals surface area (Å²) in [5, 5.41) is 0.0805. The zero-order valence-corrected chi connectivity index (χ0v) is 9.34. The highest BCUT2D eigenvalue weighted by atomic mass is 79.9. The lowest BCUT2D eigenvalue weighted by atomic mass is 10.1. The third-order valence-electron chi connectivity index (χ3n) is 1.48. The van der Waals surface area contributed by atoms with Gasteiger partial charge in [0.15, 0.2) is 0 Å². The zero-order chi connectivity index (χ0) is 9.30. The van der Waals surface area contributed by atoms with E-state index in [-0.39, 0.29) is 5.82 Å². The highest BCUT2D eigenvalue weighted by Gasteiger charge is 2.14. The molecule has 0 aromatic heterocycles. The van der Waals surface area contributed by atoms with E-state index in [9.17, 15) is 4.39 Å². The van der Waals surface area contributed by atoms with Crippen molar-refractivity contribution in [2.45, 2.75) is 12.3 Å². The molecule has 0 nitrogen and oxygen atoms in total. The molecular weight excluding hydrogens is 266 g/mol. The Morgan fingerprint density at radius 2 is 2.08 bits per heavy atom. The number of hydrogen-bond acceptors (Lipinski definition) is 0. The Kier molecular flexibility index (Phi) is 3.38. The van der Waals surface area contributed by atoms with Gasteiger partial charge in [0.2, 0.25) is 0 Å². The van der Waals surface area contributed by atoms with Crippen LogP contribution < -0.4 is 0 Å². The molecule has 0 saturated heterocycles. The molecule has 0 amide bonds. The van der Waals surface area contributed by atoms with Crippen molar-refractivity contribution in [1.29, 1.82) is 0 Å². The van der Waals surface area contributed by atoms with Crippen molar-refractivity contribution in [2.24, 2.45) is 0 Å². The van der Waals surface area contributed by atoms with Crippen molar-refractivity contribution in [3.63, 3.8) is 0 Å². The summed E-state index contributed by atoms with van der Waals surface area (Å²) in [5.74, 6) is -0.339. The smallest absolute Gasteiger partial charge is 0.129 e. The fraction of sp³-hybridized carbons (Fsp3) is 0.250. The van der Waals surface area contributed by atoms with Crippen LogP contribution in [0.25, 0.3) is 0 Å². The first kappa shape index (κ1) is 10.3. The monoisotopic (exact) mass is 270 g/mol. The van der Waals surface area contributed by atoms with Gasteiger partial charge in [-0.2, -0.15) is 0 Å². The normalized spacial score (nSPS) is 13.1. The van der Waals surface area contributed by atoms with E-state index in [0.717, 1.165) is 0 Å². The van der Waals surface area contributed by atoms with Gasteiger partial charge in [-0.25, -0.2) is 4.39 Å². The van der Waals surface area contributed by atoms with E-state index in [1.165, 1.54) is 12.1 Å². The van der Waals surface area contributed by atoms with Gasteiger partial charge in [0.25, 0.3) is 0 Å². The lowest BCUT2D eigenvalue weighted by Gasteiger charge is -2.08. The van der Waals surface area contributed by atoms with Gasteiger partial charge < -0.3 is 0 Å². The average molecular weight is 272 g/mol. The second-order valence-electron chi connectivity index (χ2n) is 2.37. The number of rotatable bonds is 1. The molecule has 1 aromatic rings. The second-order valence-corrected chi connectivity index (χ2v) is 4.23. The van der Waals surface area contributed by atoms with Crippen LogP contribution in [0.1, 0.15) is 17.9 Å². The molecule has 0 fully saturated rings.